The smallest absolute Gasteiger partial charge is 0.257 e. The number of hydrogen-bond acceptors (Lipinski definition) is 3. The second kappa shape index (κ2) is 6.75. The lowest BCUT2D eigenvalue weighted by molar-refractivity contribution is 0.1000. The number of nitrogens with one attached hydrogen (secondary N) is 1. The summed E-state index contributed by atoms with van der Waals surface area (Å²) in [6.07, 6.45) is 2.72. The number of nitrogens with two attached hydrogens (primary N) is 1. The van der Waals surface area contributed by atoms with Crippen LogP contribution in [0.1, 0.15) is 44.5 Å². The van der Waals surface area contributed by atoms with Crippen LogP contribution in [0.3, 0.4) is 0 Å². The van der Waals surface area contributed by atoms with E-state index in [2.05, 4.69) is 12.2 Å². The summed E-state index contributed by atoms with van der Waals surface area (Å²) in [6.45, 7) is 2.18. The molecule has 0 saturated heterocycles. The first-order valence-corrected chi connectivity index (χ1v) is 9.14. The van der Waals surface area contributed by atoms with Crippen LogP contribution >= 0.6 is 34.5 Å². The van der Waals surface area contributed by atoms with Gasteiger partial charge in [0.15, 0.2) is 0 Å². The summed E-state index contributed by atoms with van der Waals surface area (Å²) in [7, 11) is 0. The molecule has 0 radical (unpaired) electrons. The topological polar surface area (TPSA) is 72.2 Å². The maximum absolute atomic E-state index is 12.5. The van der Waals surface area contributed by atoms with Gasteiger partial charge in [0.2, 0.25) is 0 Å². The van der Waals surface area contributed by atoms with Gasteiger partial charge in [-0.2, -0.15) is 0 Å². The average molecular weight is 383 g/mol. The van der Waals surface area contributed by atoms with Gasteiger partial charge in [-0.25, -0.2) is 0 Å². The van der Waals surface area contributed by atoms with Crippen molar-refractivity contribution in [1.29, 1.82) is 0 Å². The molecule has 1 heterocycles. The highest BCUT2D eigenvalue weighted by atomic mass is 35.5. The van der Waals surface area contributed by atoms with Crippen LogP contribution in [0.25, 0.3) is 0 Å². The lowest BCUT2D eigenvalue weighted by Gasteiger charge is -2.18. The number of amides is 2. The maximum Gasteiger partial charge on any atom is 0.257 e. The highest BCUT2D eigenvalue weighted by Crippen LogP contribution is 2.39. The number of anilines is 1. The number of fused-ring (bicyclic) bond motifs is 1. The van der Waals surface area contributed by atoms with Gasteiger partial charge in [-0.3, -0.25) is 9.59 Å². The fourth-order valence-electron chi connectivity index (χ4n) is 2.94. The van der Waals surface area contributed by atoms with Gasteiger partial charge in [0.25, 0.3) is 11.8 Å². The van der Waals surface area contributed by atoms with Gasteiger partial charge in [-0.1, -0.05) is 30.1 Å². The lowest BCUT2D eigenvalue weighted by Crippen LogP contribution is -2.19. The van der Waals surface area contributed by atoms with E-state index in [0.717, 1.165) is 29.7 Å². The molecule has 1 aliphatic rings. The molecule has 7 heteroatoms. The van der Waals surface area contributed by atoms with E-state index in [1.54, 1.807) is 12.1 Å². The second-order valence-electron chi connectivity index (χ2n) is 6.00. The van der Waals surface area contributed by atoms with Crippen molar-refractivity contribution in [2.45, 2.75) is 26.2 Å². The molecule has 4 nitrogen and oxygen atoms in total. The molecule has 2 aromatic rings. The SMILES string of the molecule is C[C@@H]1CCc2c(sc(NC(=O)c3ccc(Cl)cc3Cl)c2C(N)=O)C1. The number of benzene rings is 1. The zero-order valence-electron chi connectivity index (χ0n) is 13.0. The van der Waals surface area contributed by atoms with Crippen LogP contribution < -0.4 is 11.1 Å². The monoisotopic (exact) mass is 382 g/mol. The van der Waals surface area contributed by atoms with Crippen molar-refractivity contribution in [3.05, 3.63) is 49.8 Å². The van der Waals surface area contributed by atoms with Gasteiger partial charge in [-0.05, 0) is 48.9 Å². The number of hydrogen-bond donors (Lipinski definition) is 2. The quantitative estimate of drug-likeness (QED) is 0.817. The van der Waals surface area contributed by atoms with E-state index >= 15 is 0 Å². The van der Waals surface area contributed by atoms with Crippen LogP contribution in [0.5, 0.6) is 0 Å². The third-order valence-electron chi connectivity index (χ3n) is 4.16. The summed E-state index contributed by atoms with van der Waals surface area (Å²) in [5.41, 5.74) is 7.26. The Morgan fingerprint density at radius 3 is 2.75 bits per heavy atom. The first-order chi connectivity index (χ1) is 11.4. The number of rotatable bonds is 3. The molecule has 3 N–H and O–H groups in total. The van der Waals surface area contributed by atoms with Gasteiger partial charge < -0.3 is 11.1 Å². The summed E-state index contributed by atoms with van der Waals surface area (Å²) in [5.74, 6) is -0.337. The lowest BCUT2D eigenvalue weighted by atomic mass is 9.88. The Hall–Kier alpha value is -1.56. The minimum atomic E-state index is -0.514. The Kier molecular flexibility index (Phi) is 4.85. The Morgan fingerprint density at radius 1 is 1.33 bits per heavy atom. The van der Waals surface area contributed by atoms with Crippen molar-refractivity contribution in [3.8, 4) is 0 Å². The molecule has 0 unspecified atom stereocenters. The molecule has 2 amide bonds. The van der Waals surface area contributed by atoms with Crippen LogP contribution in [0, 0.1) is 5.92 Å². The largest absolute Gasteiger partial charge is 0.365 e. The van der Waals surface area contributed by atoms with Gasteiger partial charge in [0.05, 0.1) is 16.1 Å². The summed E-state index contributed by atoms with van der Waals surface area (Å²) in [5, 5.41) is 4.00. The maximum atomic E-state index is 12.5. The molecule has 0 aliphatic heterocycles. The van der Waals surface area contributed by atoms with Crippen molar-refractivity contribution in [1.82, 2.24) is 0 Å². The van der Waals surface area contributed by atoms with Crippen molar-refractivity contribution in [3.63, 3.8) is 0 Å². The summed E-state index contributed by atoms with van der Waals surface area (Å²) in [4.78, 5) is 25.5. The number of primary amides is 1. The highest BCUT2D eigenvalue weighted by Gasteiger charge is 2.27. The van der Waals surface area contributed by atoms with Crippen LogP contribution in [0.4, 0.5) is 5.00 Å². The number of halogens is 2. The molecular weight excluding hydrogens is 367 g/mol. The van der Waals surface area contributed by atoms with E-state index in [9.17, 15) is 9.59 Å². The van der Waals surface area contributed by atoms with Crippen molar-refractivity contribution in [2.75, 3.05) is 5.32 Å². The summed E-state index contributed by atoms with van der Waals surface area (Å²) >= 11 is 13.4. The molecule has 1 atom stereocenters. The van der Waals surface area contributed by atoms with Gasteiger partial charge in [0.1, 0.15) is 5.00 Å². The third-order valence-corrected chi connectivity index (χ3v) is 5.88. The average Bonchev–Trinajstić information content (AvgIpc) is 2.83. The molecule has 1 aliphatic carbocycles. The van der Waals surface area contributed by atoms with E-state index < -0.39 is 5.91 Å². The van der Waals surface area contributed by atoms with E-state index in [1.807, 2.05) is 0 Å². The minimum absolute atomic E-state index is 0.260. The summed E-state index contributed by atoms with van der Waals surface area (Å²) in [6, 6.07) is 4.66. The molecule has 0 bridgehead atoms. The molecule has 1 aromatic heterocycles. The van der Waals surface area contributed by atoms with Crippen LogP contribution in [0.2, 0.25) is 10.0 Å². The van der Waals surface area contributed by atoms with Crippen molar-refractivity contribution < 1.29 is 9.59 Å². The van der Waals surface area contributed by atoms with Crippen LogP contribution in [0.15, 0.2) is 18.2 Å². The van der Waals surface area contributed by atoms with Crippen LogP contribution in [-0.4, -0.2) is 11.8 Å². The first kappa shape index (κ1) is 17.3. The van der Waals surface area contributed by atoms with Gasteiger partial charge in [0, 0.05) is 9.90 Å². The van der Waals surface area contributed by atoms with E-state index in [-0.39, 0.29) is 10.9 Å². The number of thiophene rings is 1. The Morgan fingerprint density at radius 2 is 2.08 bits per heavy atom. The number of carbonyl (C=O) groups is 2. The van der Waals surface area contributed by atoms with E-state index in [1.165, 1.54) is 17.4 Å². The zero-order chi connectivity index (χ0) is 17.4. The molecule has 1 aromatic carbocycles. The fraction of sp³-hybridized carbons (Fsp3) is 0.294. The Bertz CT molecular complexity index is 832. The molecule has 0 spiro atoms. The van der Waals surface area contributed by atoms with Crippen LogP contribution in [-0.2, 0) is 12.8 Å². The van der Waals surface area contributed by atoms with E-state index in [4.69, 9.17) is 28.9 Å². The van der Waals surface area contributed by atoms with Crippen molar-refractivity contribution in [2.24, 2.45) is 11.7 Å². The normalized spacial score (nSPS) is 16.5. The molecule has 126 valence electrons. The minimum Gasteiger partial charge on any atom is -0.365 e. The Balaban J connectivity index is 1.95. The summed E-state index contributed by atoms with van der Waals surface area (Å²) < 4.78 is 0. The molecular formula is C17H16Cl2N2O2S. The van der Waals surface area contributed by atoms with Gasteiger partial charge >= 0.3 is 0 Å². The zero-order valence-corrected chi connectivity index (χ0v) is 15.3. The fourth-order valence-corrected chi connectivity index (χ4v) is 4.85. The highest BCUT2D eigenvalue weighted by molar-refractivity contribution is 7.17. The second-order valence-corrected chi connectivity index (χ2v) is 7.95. The van der Waals surface area contributed by atoms with Crippen molar-refractivity contribution >= 4 is 51.4 Å². The standard InChI is InChI=1S/C17H16Cl2N2O2S/c1-8-2-4-11-13(6-8)24-17(14(11)15(20)22)21-16(23)10-5-3-9(18)7-12(10)19/h3,5,7-8H,2,4,6H2,1H3,(H2,20,22)(H,21,23)/t8-/m1/s1. The third kappa shape index (κ3) is 3.29. The predicted molar refractivity (Wildman–Crippen MR) is 98.4 cm³/mol. The Labute approximate surface area is 153 Å². The molecule has 3 rings (SSSR count). The predicted octanol–water partition coefficient (Wildman–Crippen LogP) is 4.53. The molecule has 24 heavy (non-hydrogen) atoms. The van der Waals surface area contributed by atoms with Gasteiger partial charge in [-0.15, -0.1) is 11.3 Å². The molecule has 0 saturated carbocycles. The first-order valence-electron chi connectivity index (χ1n) is 7.57. The number of carbonyl (C=O) groups excluding carboxylic acids is 2. The van der Waals surface area contributed by atoms with E-state index in [0.29, 0.717) is 27.1 Å². The molecule has 0 fully saturated rings.